The Morgan fingerprint density at radius 3 is 2.66 bits per heavy atom. The van der Waals surface area contributed by atoms with Crippen LogP contribution in [0.5, 0.6) is 0 Å². The Balaban J connectivity index is 1.81. The number of carbonyl (C=O) groups is 1. The topological polar surface area (TPSA) is 109 Å². The summed E-state index contributed by atoms with van der Waals surface area (Å²) in [6.45, 7) is 8.95. The van der Waals surface area contributed by atoms with Crippen molar-refractivity contribution in [2.45, 2.75) is 77.7 Å². The summed E-state index contributed by atoms with van der Waals surface area (Å²) in [4.78, 5) is 16.3. The van der Waals surface area contributed by atoms with Gasteiger partial charge in [0.2, 0.25) is 0 Å². The number of aliphatic hydroxyl groups is 2. The van der Waals surface area contributed by atoms with Crippen molar-refractivity contribution in [3.8, 4) is 0 Å². The number of fused-ring (bicyclic) bond motifs is 1. The van der Waals surface area contributed by atoms with E-state index in [0.717, 1.165) is 5.56 Å². The van der Waals surface area contributed by atoms with Gasteiger partial charge in [-0.15, -0.1) is 0 Å². The summed E-state index contributed by atoms with van der Waals surface area (Å²) >= 11 is 0. The number of benzene rings is 1. The molecule has 0 radical (unpaired) electrons. The second-order valence-electron chi connectivity index (χ2n) is 9.06. The smallest absolute Gasteiger partial charge is 0.336 e. The predicted octanol–water partition coefficient (Wildman–Crippen LogP) is 3.81. The van der Waals surface area contributed by atoms with Gasteiger partial charge in [0.25, 0.3) is 0 Å². The summed E-state index contributed by atoms with van der Waals surface area (Å²) in [6, 6.07) is 1.88. The zero-order valence-corrected chi connectivity index (χ0v) is 19.3. The predicted molar refractivity (Wildman–Crippen MR) is 123 cm³/mol. The second-order valence-corrected chi connectivity index (χ2v) is 9.06. The number of hydrogen-bond donors (Lipinski definition) is 3. The molecule has 1 saturated heterocycles. The molecule has 1 aromatic carbocycles. The van der Waals surface area contributed by atoms with Crippen molar-refractivity contribution in [2.75, 3.05) is 0 Å². The molecule has 5 atom stereocenters. The number of aliphatic hydroxyl groups excluding tert-OH is 2. The van der Waals surface area contributed by atoms with E-state index < -0.39 is 36.2 Å². The molecule has 0 aliphatic carbocycles. The summed E-state index contributed by atoms with van der Waals surface area (Å²) in [5.74, 6) is -1.94. The second kappa shape index (κ2) is 9.67. The molecule has 2 aliphatic rings. The van der Waals surface area contributed by atoms with Gasteiger partial charge in [-0.1, -0.05) is 37.3 Å². The third-order valence-electron chi connectivity index (χ3n) is 5.94. The summed E-state index contributed by atoms with van der Waals surface area (Å²) in [6.07, 6.45) is 7.51. The molecular weight excluding hydrogens is 410 g/mol. The summed E-state index contributed by atoms with van der Waals surface area (Å²) < 4.78 is 11.9. The Morgan fingerprint density at radius 2 is 2.00 bits per heavy atom. The lowest BCUT2D eigenvalue weighted by Gasteiger charge is -2.20. The molecule has 0 spiro atoms. The van der Waals surface area contributed by atoms with Crippen LogP contribution in [-0.4, -0.2) is 57.7 Å². The van der Waals surface area contributed by atoms with Crippen LogP contribution in [-0.2, 0) is 15.9 Å². The van der Waals surface area contributed by atoms with E-state index in [1.54, 1.807) is 52.1 Å². The van der Waals surface area contributed by atoms with Crippen molar-refractivity contribution in [3.05, 3.63) is 46.5 Å². The molecule has 2 unspecified atom stereocenters. The Kier molecular flexibility index (Phi) is 7.35. The van der Waals surface area contributed by atoms with Crippen LogP contribution in [0, 0.1) is 12.8 Å². The van der Waals surface area contributed by atoms with Gasteiger partial charge in [0.15, 0.2) is 5.79 Å². The Morgan fingerprint density at radius 1 is 1.28 bits per heavy atom. The van der Waals surface area contributed by atoms with E-state index in [-0.39, 0.29) is 11.5 Å². The number of aromatic carboxylic acids is 1. The zero-order chi connectivity index (χ0) is 23.6. The average Bonchev–Trinajstić information content (AvgIpc) is 3.28. The van der Waals surface area contributed by atoms with Crippen LogP contribution < -0.4 is 0 Å². The highest BCUT2D eigenvalue weighted by Crippen LogP contribution is 2.36. The maximum absolute atomic E-state index is 11.9. The van der Waals surface area contributed by atoms with Crippen LogP contribution in [0.4, 0.5) is 5.69 Å². The van der Waals surface area contributed by atoms with Crippen LogP contribution >= 0.6 is 0 Å². The van der Waals surface area contributed by atoms with Crippen LogP contribution in [0.25, 0.3) is 6.08 Å². The highest BCUT2D eigenvalue weighted by molar-refractivity contribution is 5.98. The van der Waals surface area contributed by atoms with E-state index in [0.29, 0.717) is 29.7 Å². The van der Waals surface area contributed by atoms with E-state index >= 15 is 0 Å². The maximum Gasteiger partial charge on any atom is 0.336 e. The molecule has 0 saturated carbocycles. The van der Waals surface area contributed by atoms with Gasteiger partial charge in [0, 0.05) is 18.2 Å². The fraction of sp³-hybridized carbons (Fsp3) is 0.520. The van der Waals surface area contributed by atoms with Crippen LogP contribution in [0.3, 0.4) is 0 Å². The quantitative estimate of drug-likeness (QED) is 0.527. The first-order valence-electron chi connectivity index (χ1n) is 11.0. The average molecular weight is 444 g/mol. The lowest BCUT2D eigenvalue weighted by Crippen LogP contribution is -2.34. The normalized spacial score (nSPS) is 24.8. The van der Waals surface area contributed by atoms with Crippen molar-refractivity contribution in [1.29, 1.82) is 0 Å². The largest absolute Gasteiger partial charge is 0.478 e. The molecule has 32 heavy (non-hydrogen) atoms. The van der Waals surface area contributed by atoms with Crippen LogP contribution in [0.1, 0.15) is 61.2 Å². The van der Waals surface area contributed by atoms with Crippen LogP contribution in [0.2, 0.25) is 0 Å². The van der Waals surface area contributed by atoms with Crippen molar-refractivity contribution in [2.24, 2.45) is 10.9 Å². The number of aryl methyl sites for hydroxylation is 1. The summed E-state index contributed by atoms with van der Waals surface area (Å²) in [7, 11) is 0. The van der Waals surface area contributed by atoms with E-state index in [1.165, 1.54) is 0 Å². The van der Waals surface area contributed by atoms with Crippen molar-refractivity contribution in [1.82, 2.24) is 0 Å². The minimum absolute atomic E-state index is 0.100. The van der Waals surface area contributed by atoms with E-state index in [2.05, 4.69) is 4.99 Å². The summed E-state index contributed by atoms with van der Waals surface area (Å²) in [5, 5.41) is 30.1. The number of carboxylic acid groups (broad SMARTS) is 1. The third-order valence-corrected chi connectivity index (χ3v) is 5.94. The first-order chi connectivity index (χ1) is 15.0. The number of rotatable bonds is 8. The highest BCUT2D eigenvalue weighted by Gasteiger charge is 2.43. The molecule has 2 aliphatic heterocycles. The molecule has 1 fully saturated rings. The highest BCUT2D eigenvalue weighted by atomic mass is 16.8. The van der Waals surface area contributed by atoms with E-state index in [1.807, 2.05) is 19.1 Å². The fourth-order valence-corrected chi connectivity index (χ4v) is 4.11. The summed E-state index contributed by atoms with van der Waals surface area (Å²) in [5.41, 5.74) is 3.24. The van der Waals surface area contributed by atoms with Crippen molar-refractivity contribution < 1.29 is 29.6 Å². The third kappa shape index (κ3) is 5.35. The molecule has 2 heterocycles. The van der Waals surface area contributed by atoms with Gasteiger partial charge in [-0.25, -0.2) is 4.79 Å². The Hall–Kier alpha value is -2.32. The molecule has 174 valence electrons. The van der Waals surface area contributed by atoms with Crippen LogP contribution in [0.15, 0.2) is 29.3 Å². The van der Waals surface area contributed by atoms with E-state index in [4.69, 9.17) is 9.47 Å². The lowest BCUT2D eigenvalue weighted by atomic mass is 9.94. The monoisotopic (exact) mass is 443 g/mol. The number of carboxylic acids is 1. The molecule has 1 aromatic rings. The van der Waals surface area contributed by atoms with Gasteiger partial charge in [0.1, 0.15) is 12.2 Å². The SMILES string of the molecule is Cc1cc2c(c(/C=C/C[C@@H]3OC(C)(C)O[C@@H]3C(O)/C=C\[C@@H](C)C(C)O)c1C(=O)O)N=CC2. The van der Waals surface area contributed by atoms with Crippen molar-refractivity contribution in [3.63, 3.8) is 0 Å². The Bertz CT molecular complexity index is 946. The van der Waals surface area contributed by atoms with Gasteiger partial charge in [-0.3, -0.25) is 4.99 Å². The van der Waals surface area contributed by atoms with E-state index in [9.17, 15) is 20.1 Å². The van der Waals surface area contributed by atoms with Gasteiger partial charge in [-0.2, -0.15) is 0 Å². The number of nitrogens with zero attached hydrogens (tertiary/aromatic N) is 1. The molecule has 0 bridgehead atoms. The minimum atomic E-state index is -0.987. The number of aliphatic imine (C=N–C) groups is 1. The molecule has 0 amide bonds. The fourth-order valence-electron chi connectivity index (χ4n) is 4.11. The first-order valence-corrected chi connectivity index (χ1v) is 11.0. The Labute approximate surface area is 189 Å². The van der Waals surface area contributed by atoms with Gasteiger partial charge in [-0.05, 0) is 51.2 Å². The number of ether oxygens (including phenoxy) is 2. The van der Waals surface area contributed by atoms with Gasteiger partial charge < -0.3 is 24.8 Å². The van der Waals surface area contributed by atoms with Gasteiger partial charge >= 0.3 is 5.97 Å². The molecule has 7 nitrogen and oxygen atoms in total. The lowest BCUT2D eigenvalue weighted by molar-refractivity contribution is -0.152. The zero-order valence-electron chi connectivity index (χ0n) is 19.3. The molecule has 0 aromatic heterocycles. The maximum atomic E-state index is 11.9. The first kappa shape index (κ1) is 24.3. The molecule has 7 heteroatoms. The minimum Gasteiger partial charge on any atom is -0.478 e. The standard InChI is InChI=1S/C25H33NO6/c1-14(16(3)27)9-10-19(28)23-20(31-25(4,5)32-23)8-6-7-18-21(24(29)30)15(2)13-17-11-12-26-22(17)18/h6-7,9-10,12-14,16,19-20,23,27-28H,8,11H2,1-5H3,(H,29,30)/b7-6+,10-9-/t14-,16?,19?,20+,23-/m1/s1. The number of hydrogen-bond acceptors (Lipinski definition) is 6. The molecule has 3 N–H and O–H groups in total. The molecule has 3 rings (SSSR count). The van der Waals surface area contributed by atoms with Gasteiger partial charge in [0.05, 0.1) is 23.5 Å². The van der Waals surface area contributed by atoms with Crippen molar-refractivity contribution >= 4 is 23.9 Å². The molecular formula is C25H33NO6.